The minimum absolute atomic E-state index is 0.159. The van der Waals surface area contributed by atoms with Gasteiger partial charge in [0.25, 0.3) is 5.91 Å². The van der Waals surface area contributed by atoms with Crippen molar-refractivity contribution in [3.8, 4) is 0 Å². The fraction of sp³-hybridized carbons (Fsp3) is 0.417. The maximum atomic E-state index is 12.0. The molecule has 0 saturated heterocycles. The second-order valence-electron chi connectivity index (χ2n) is 4.40. The summed E-state index contributed by atoms with van der Waals surface area (Å²) in [7, 11) is 1.28. The highest BCUT2D eigenvalue weighted by Gasteiger charge is 2.26. The molecule has 0 aliphatic rings. The summed E-state index contributed by atoms with van der Waals surface area (Å²) < 4.78 is 36.0. The summed E-state index contributed by atoms with van der Waals surface area (Å²) in [5.41, 5.74) is -1.43. The van der Waals surface area contributed by atoms with Crippen molar-refractivity contribution in [2.24, 2.45) is 0 Å². The monoisotopic (exact) mass is 306 g/mol. The first-order valence-corrected chi connectivity index (χ1v) is 5.90. The molecule has 0 bridgehead atoms. The SMILES string of the molecule is CN(CCCC(F)(F)F)C(=O)c1cc(C(=O)O)[nH]c(=O)c1. The average Bonchev–Trinajstić information content (AvgIpc) is 2.35. The van der Waals surface area contributed by atoms with Crippen LogP contribution in [0, 0.1) is 0 Å². The van der Waals surface area contributed by atoms with E-state index < -0.39 is 35.7 Å². The summed E-state index contributed by atoms with van der Waals surface area (Å²) in [5.74, 6) is -2.13. The van der Waals surface area contributed by atoms with E-state index >= 15 is 0 Å². The minimum atomic E-state index is -4.30. The summed E-state index contributed by atoms with van der Waals surface area (Å²) >= 11 is 0. The minimum Gasteiger partial charge on any atom is -0.477 e. The van der Waals surface area contributed by atoms with Crippen molar-refractivity contribution in [2.75, 3.05) is 13.6 Å². The van der Waals surface area contributed by atoms with E-state index in [9.17, 15) is 27.6 Å². The first-order valence-electron chi connectivity index (χ1n) is 5.90. The molecule has 0 fully saturated rings. The largest absolute Gasteiger partial charge is 0.477 e. The second kappa shape index (κ2) is 6.42. The van der Waals surface area contributed by atoms with Crippen LogP contribution < -0.4 is 5.56 Å². The number of nitrogens with one attached hydrogen (secondary N) is 1. The number of carbonyl (C=O) groups is 2. The molecule has 116 valence electrons. The number of carboxylic acid groups (broad SMARTS) is 1. The van der Waals surface area contributed by atoms with Crippen LogP contribution in [-0.4, -0.2) is 46.6 Å². The van der Waals surface area contributed by atoms with E-state index in [-0.39, 0.29) is 18.5 Å². The number of aromatic amines is 1. The molecule has 9 heteroatoms. The predicted octanol–water partition coefficient (Wildman–Crippen LogP) is 1.49. The van der Waals surface area contributed by atoms with Crippen LogP contribution in [0.3, 0.4) is 0 Å². The van der Waals surface area contributed by atoms with E-state index in [1.54, 1.807) is 0 Å². The number of H-pyrrole nitrogens is 1. The Hall–Kier alpha value is -2.32. The number of carbonyl (C=O) groups excluding carboxylic acids is 1. The highest BCUT2D eigenvalue weighted by atomic mass is 19.4. The average molecular weight is 306 g/mol. The standard InChI is InChI=1S/C12H13F3N2O4/c1-17(4-2-3-12(13,14)15)10(19)7-5-8(11(20)21)16-9(18)6-7/h5-6H,2-4H2,1H3,(H,16,18)(H,20,21). The van der Waals surface area contributed by atoms with Crippen molar-refractivity contribution < 1.29 is 27.9 Å². The molecular weight excluding hydrogens is 293 g/mol. The third-order valence-electron chi connectivity index (χ3n) is 2.62. The van der Waals surface area contributed by atoms with E-state index in [0.29, 0.717) is 0 Å². The van der Waals surface area contributed by atoms with Crippen LogP contribution in [0.5, 0.6) is 0 Å². The quantitative estimate of drug-likeness (QED) is 0.862. The van der Waals surface area contributed by atoms with Gasteiger partial charge in [-0.1, -0.05) is 0 Å². The number of carboxylic acids is 1. The van der Waals surface area contributed by atoms with Gasteiger partial charge < -0.3 is 15.0 Å². The van der Waals surface area contributed by atoms with Gasteiger partial charge in [0.05, 0.1) is 0 Å². The fourth-order valence-electron chi connectivity index (χ4n) is 1.62. The Labute approximate surface area is 117 Å². The van der Waals surface area contributed by atoms with Crippen molar-refractivity contribution >= 4 is 11.9 Å². The normalized spacial score (nSPS) is 11.2. The molecule has 21 heavy (non-hydrogen) atoms. The van der Waals surface area contributed by atoms with Gasteiger partial charge in [0.2, 0.25) is 5.56 Å². The van der Waals surface area contributed by atoms with Crippen LogP contribution in [0.2, 0.25) is 0 Å². The molecule has 0 unspecified atom stereocenters. The van der Waals surface area contributed by atoms with Crippen LogP contribution in [0.15, 0.2) is 16.9 Å². The highest BCUT2D eigenvalue weighted by Crippen LogP contribution is 2.21. The number of hydrogen-bond donors (Lipinski definition) is 2. The molecule has 6 nitrogen and oxygen atoms in total. The molecule has 1 rings (SSSR count). The molecule has 0 aliphatic carbocycles. The molecule has 0 aromatic carbocycles. The summed E-state index contributed by atoms with van der Waals surface area (Å²) in [4.78, 5) is 37.0. The van der Waals surface area contributed by atoms with Gasteiger partial charge in [0.1, 0.15) is 5.69 Å². The number of amides is 1. The zero-order valence-corrected chi connectivity index (χ0v) is 11.0. The van der Waals surface area contributed by atoms with Gasteiger partial charge in [-0.3, -0.25) is 9.59 Å². The van der Waals surface area contributed by atoms with Gasteiger partial charge >= 0.3 is 12.1 Å². The molecule has 1 aromatic rings. The molecule has 2 N–H and O–H groups in total. The molecule has 0 spiro atoms. The number of rotatable bonds is 5. The third kappa shape index (κ3) is 5.28. The van der Waals surface area contributed by atoms with Crippen molar-refractivity contribution in [3.63, 3.8) is 0 Å². The number of hydrogen-bond acceptors (Lipinski definition) is 3. The van der Waals surface area contributed by atoms with Crippen molar-refractivity contribution in [1.29, 1.82) is 0 Å². The molecule has 0 aliphatic heterocycles. The van der Waals surface area contributed by atoms with Crippen molar-refractivity contribution in [2.45, 2.75) is 19.0 Å². The van der Waals surface area contributed by atoms with Gasteiger partial charge in [-0.2, -0.15) is 13.2 Å². The number of pyridine rings is 1. The van der Waals surface area contributed by atoms with E-state index in [1.807, 2.05) is 4.98 Å². The van der Waals surface area contributed by atoms with Gasteiger partial charge in [-0.25, -0.2) is 4.79 Å². The lowest BCUT2D eigenvalue weighted by molar-refractivity contribution is -0.135. The Morgan fingerprint density at radius 2 is 1.95 bits per heavy atom. The Morgan fingerprint density at radius 1 is 1.33 bits per heavy atom. The van der Waals surface area contributed by atoms with E-state index in [2.05, 4.69) is 0 Å². The maximum Gasteiger partial charge on any atom is 0.389 e. The molecular formula is C12H13F3N2O4. The smallest absolute Gasteiger partial charge is 0.389 e. The first-order chi connectivity index (χ1) is 9.60. The Bertz CT molecular complexity index is 595. The van der Waals surface area contributed by atoms with E-state index in [4.69, 9.17) is 5.11 Å². The Morgan fingerprint density at radius 3 is 2.48 bits per heavy atom. The van der Waals surface area contributed by atoms with Crippen LogP contribution in [-0.2, 0) is 0 Å². The van der Waals surface area contributed by atoms with Crippen LogP contribution in [0.4, 0.5) is 13.2 Å². The summed E-state index contributed by atoms with van der Waals surface area (Å²) in [6.45, 7) is -0.159. The fourth-order valence-corrected chi connectivity index (χ4v) is 1.62. The lowest BCUT2D eigenvalue weighted by Crippen LogP contribution is -2.30. The number of halogens is 3. The third-order valence-corrected chi connectivity index (χ3v) is 2.62. The van der Waals surface area contributed by atoms with Gasteiger partial charge in [0.15, 0.2) is 0 Å². The van der Waals surface area contributed by atoms with E-state index in [1.165, 1.54) is 7.05 Å². The lowest BCUT2D eigenvalue weighted by Gasteiger charge is -2.17. The number of alkyl halides is 3. The molecule has 0 radical (unpaired) electrons. The Kier molecular flexibility index (Phi) is 5.12. The molecule has 1 aromatic heterocycles. The van der Waals surface area contributed by atoms with Crippen LogP contribution >= 0.6 is 0 Å². The van der Waals surface area contributed by atoms with Crippen LogP contribution in [0.1, 0.15) is 33.7 Å². The zero-order valence-electron chi connectivity index (χ0n) is 11.0. The maximum absolute atomic E-state index is 12.0. The summed E-state index contributed by atoms with van der Waals surface area (Å²) in [6, 6.07) is 1.86. The lowest BCUT2D eigenvalue weighted by atomic mass is 10.2. The highest BCUT2D eigenvalue weighted by molar-refractivity contribution is 5.96. The van der Waals surface area contributed by atoms with Crippen LogP contribution in [0.25, 0.3) is 0 Å². The van der Waals surface area contributed by atoms with Gasteiger partial charge in [-0.05, 0) is 12.5 Å². The summed E-state index contributed by atoms with van der Waals surface area (Å²) in [5, 5.41) is 8.77. The number of aromatic carboxylic acids is 1. The summed E-state index contributed by atoms with van der Waals surface area (Å²) in [6.07, 6.45) is -5.61. The predicted molar refractivity (Wildman–Crippen MR) is 66.3 cm³/mol. The first kappa shape index (κ1) is 16.7. The molecule has 0 saturated carbocycles. The number of nitrogens with zero attached hydrogens (tertiary/aromatic N) is 1. The van der Waals surface area contributed by atoms with Crippen molar-refractivity contribution in [1.82, 2.24) is 9.88 Å². The van der Waals surface area contributed by atoms with Gasteiger partial charge in [-0.15, -0.1) is 0 Å². The molecule has 0 atom stereocenters. The molecule has 1 amide bonds. The van der Waals surface area contributed by atoms with E-state index in [0.717, 1.165) is 17.0 Å². The topological polar surface area (TPSA) is 90.5 Å². The van der Waals surface area contributed by atoms with Gasteiger partial charge in [0, 0.05) is 31.6 Å². The number of aromatic nitrogens is 1. The molecule has 1 heterocycles. The second-order valence-corrected chi connectivity index (χ2v) is 4.40. The zero-order chi connectivity index (χ0) is 16.2. The Balaban J connectivity index is 2.79. The van der Waals surface area contributed by atoms with Crippen molar-refractivity contribution in [3.05, 3.63) is 33.7 Å².